The van der Waals surface area contributed by atoms with Gasteiger partial charge in [-0.3, -0.25) is 0 Å². The van der Waals surface area contributed by atoms with Crippen LogP contribution in [0.15, 0.2) is 24.3 Å². The van der Waals surface area contributed by atoms with Crippen LogP contribution in [0.2, 0.25) is 0 Å². The molecule has 0 unspecified atom stereocenters. The van der Waals surface area contributed by atoms with Crippen molar-refractivity contribution in [1.29, 1.82) is 0 Å². The summed E-state index contributed by atoms with van der Waals surface area (Å²) in [5.74, 6) is 1.41. The maximum atomic E-state index is 12.4. The number of ether oxygens (including phenoxy) is 2. The maximum absolute atomic E-state index is 12.4. The van der Waals surface area contributed by atoms with Crippen molar-refractivity contribution >= 4 is 5.97 Å². The minimum atomic E-state index is -0.326. The number of hydrogen-bond donors (Lipinski definition) is 1. The SMILES string of the molecule is COc1ccccc1C(=O)OC[C@@H](C)[C@H]1CC[C@H]2[C@@H](O)CCC[C@]12C. The molecule has 5 atom stereocenters. The Morgan fingerprint density at radius 2 is 2.08 bits per heavy atom. The molecule has 3 rings (SSSR count). The number of fused-ring (bicyclic) bond motifs is 1. The fourth-order valence-corrected chi connectivity index (χ4v) is 5.34. The van der Waals surface area contributed by atoms with E-state index in [9.17, 15) is 9.90 Å². The van der Waals surface area contributed by atoms with Crippen molar-refractivity contribution in [2.45, 2.75) is 52.1 Å². The van der Waals surface area contributed by atoms with Crippen LogP contribution >= 0.6 is 0 Å². The summed E-state index contributed by atoms with van der Waals surface area (Å²) in [6.07, 6.45) is 5.25. The first kappa shape index (κ1) is 18.2. The molecule has 0 aromatic heterocycles. The number of carbonyl (C=O) groups is 1. The average molecular weight is 346 g/mol. The summed E-state index contributed by atoms with van der Waals surface area (Å²) in [6.45, 7) is 4.92. The third-order valence-electron chi connectivity index (χ3n) is 6.65. The van der Waals surface area contributed by atoms with E-state index in [1.165, 1.54) is 6.42 Å². The number of methoxy groups -OCH3 is 1. The monoisotopic (exact) mass is 346 g/mol. The van der Waals surface area contributed by atoms with Crippen LogP contribution in [-0.4, -0.2) is 30.9 Å². The average Bonchev–Trinajstić information content (AvgIpc) is 2.97. The molecule has 1 N–H and O–H groups in total. The highest BCUT2D eigenvalue weighted by Gasteiger charge is 2.52. The molecule has 2 aliphatic rings. The molecule has 0 amide bonds. The summed E-state index contributed by atoms with van der Waals surface area (Å²) in [7, 11) is 1.56. The van der Waals surface area contributed by atoms with E-state index in [1.807, 2.05) is 12.1 Å². The van der Waals surface area contributed by atoms with Crippen LogP contribution in [0.25, 0.3) is 0 Å². The van der Waals surface area contributed by atoms with Crippen LogP contribution in [0.1, 0.15) is 56.3 Å². The molecule has 0 radical (unpaired) electrons. The highest BCUT2D eigenvalue weighted by molar-refractivity contribution is 5.92. The quantitative estimate of drug-likeness (QED) is 0.817. The van der Waals surface area contributed by atoms with Crippen molar-refractivity contribution in [3.8, 4) is 5.75 Å². The van der Waals surface area contributed by atoms with Gasteiger partial charge in [0.2, 0.25) is 0 Å². The Morgan fingerprint density at radius 3 is 2.84 bits per heavy atom. The van der Waals surface area contributed by atoms with E-state index in [-0.39, 0.29) is 17.5 Å². The van der Waals surface area contributed by atoms with E-state index in [1.54, 1.807) is 19.2 Å². The molecule has 0 saturated heterocycles. The molecule has 2 aliphatic carbocycles. The molecular formula is C21H30O4. The summed E-state index contributed by atoms with van der Waals surface area (Å²) < 4.78 is 10.9. The second-order valence-electron chi connectivity index (χ2n) is 8.03. The molecule has 4 nitrogen and oxygen atoms in total. The molecule has 1 aromatic rings. The van der Waals surface area contributed by atoms with Crippen LogP contribution < -0.4 is 4.74 Å². The molecule has 0 heterocycles. The normalized spacial score (nSPS) is 32.7. The van der Waals surface area contributed by atoms with Crippen LogP contribution in [0.3, 0.4) is 0 Å². The Labute approximate surface area is 150 Å². The number of rotatable bonds is 5. The third kappa shape index (κ3) is 3.41. The molecule has 1 aromatic carbocycles. The van der Waals surface area contributed by atoms with E-state index >= 15 is 0 Å². The van der Waals surface area contributed by atoms with E-state index in [2.05, 4.69) is 13.8 Å². The van der Waals surface area contributed by atoms with E-state index in [0.29, 0.717) is 35.7 Å². The summed E-state index contributed by atoms with van der Waals surface area (Å²) >= 11 is 0. The molecule has 0 bridgehead atoms. The van der Waals surface area contributed by atoms with Gasteiger partial charge in [0, 0.05) is 0 Å². The Hall–Kier alpha value is -1.55. The van der Waals surface area contributed by atoms with Gasteiger partial charge >= 0.3 is 5.97 Å². The number of esters is 1. The fraction of sp³-hybridized carbons (Fsp3) is 0.667. The van der Waals surface area contributed by atoms with Crippen molar-refractivity contribution < 1.29 is 19.4 Å². The van der Waals surface area contributed by atoms with Crippen molar-refractivity contribution in [1.82, 2.24) is 0 Å². The number of para-hydroxylation sites is 1. The van der Waals surface area contributed by atoms with Crippen molar-refractivity contribution in [3.63, 3.8) is 0 Å². The Kier molecular flexibility index (Phi) is 5.38. The van der Waals surface area contributed by atoms with Gasteiger partial charge < -0.3 is 14.6 Å². The van der Waals surface area contributed by atoms with Crippen molar-refractivity contribution in [3.05, 3.63) is 29.8 Å². The minimum Gasteiger partial charge on any atom is -0.496 e. The van der Waals surface area contributed by atoms with Crippen LogP contribution in [0.5, 0.6) is 5.75 Å². The Bertz CT molecular complexity index is 614. The summed E-state index contributed by atoms with van der Waals surface area (Å²) in [5.41, 5.74) is 0.647. The van der Waals surface area contributed by atoms with Gasteiger partial charge in [0.1, 0.15) is 11.3 Å². The van der Waals surface area contributed by atoms with Gasteiger partial charge in [-0.2, -0.15) is 0 Å². The number of aliphatic hydroxyl groups is 1. The second kappa shape index (κ2) is 7.36. The lowest BCUT2D eigenvalue weighted by molar-refractivity contribution is -0.0347. The summed E-state index contributed by atoms with van der Waals surface area (Å²) in [4.78, 5) is 12.4. The Morgan fingerprint density at radius 1 is 1.32 bits per heavy atom. The first-order valence-corrected chi connectivity index (χ1v) is 9.45. The number of benzene rings is 1. The van der Waals surface area contributed by atoms with E-state index in [0.717, 1.165) is 25.7 Å². The summed E-state index contributed by atoms with van der Waals surface area (Å²) in [6, 6.07) is 7.16. The lowest BCUT2D eigenvalue weighted by Gasteiger charge is -2.45. The van der Waals surface area contributed by atoms with Crippen LogP contribution in [0, 0.1) is 23.2 Å². The number of aliphatic hydroxyl groups excluding tert-OH is 1. The standard InChI is InChI=1S/C21H30O4/c1-14(13-25-20(23)15-7-4-5-9-19(15)24-3)16-10-11-17-18(22)8-6-12-21(16,17)2/h4-5,7,9,14,16-18,22H,6,8,10-13H2,1-3H3/t14-,16-,17+,18+,21-/m1/s1. The molecule has 25 heavy (non-hydrogen) atoms. The van der Waals surface area contributed by atoms with Crippen LogP contribution in [-0.2, 0) is 4.74 Å². The lowest BCUT2D eigenvalue weighted by Crippen LogP contribution is -2.42. The largest absolute Gasteiger partial charge is 0.496 e. The van der Waals surface area contributed by atoms with Crippen molar-refractivity contribution in [2.24, 2.45) is 23.2 Å². The molecule has 2 fully saturated rings. The van der Waals surface area contributed by atoms with Crippen molar-refractivity contribution in [2.75, 3.05) is 13.7 Å². The maximum Gasteiger partial charge on any atom is 0.341 e. The molecule has 4 heteroatoms. The predicted octanol–water partition coefficient (Wildman–Crippen LogP) is 4.07. The highest BCUT2D eigenvalue weighted by atomic mass is 16.5. The van der Waals surface area contributed by atoms with Gasteiger partial charge in [-0.05, 0) is 61.0 Å². The first-order valence-electron chi connectivity index (χ1n) is 9.45. The molecule has 138 valence electrons. The topological polar surface area (TPSA) is 55.8 Å². The predicted molar refractivity (Wildman–Crippen MR) is 96.6 cm³/mol. The molecule has 0 aliphatic heterocycles. The first-order chi connectivity index (χ1) is 12.0. The molecular weight excluding hydrogens is 316 g/mol. The van der Waals surface area contributed by atoms with Gasteiger partial charge in [-0.1, -0.05) is 32.4 Å². The van der Waals surface area contributed by atoms with Gasteiger partial charge in [-0.25, -0.2) is 4.79 Å². The Balaban J connectivity index is 1.63. The second-order valence-corrected chi connectivity index (χ2v) is 8.03. The van der Waals surface area contributed by atoms with Gasteiger partial charge in [0.15, 0.2) is 0 Å². The molecule has 0 spiro atoms. The van der Waals surface area contributed by atoms with E-state index < -0.39 is 0 Å². The van der Waals surface area contributed by atoms with Crippen LogP contribution in [0.4, 0.5) is 0 Å². The highest BCUT2D eigenvalue weighted by Crippen LogP contribution is 2.57. The zero-order valence-corrected chi connectivity index (χ0v) is 15.5. The molecule has 2 saturated carbocycles. The third-order valence-corrected chi connectivity index (χ3v) is 6.65. The summed E-state index contributed by atoms with van der Waals surface area (Å²) in [5, 5.41) is 10.4. The zero-order valence-electron chi connectivity index (χ0n) is 15.5. The zero-order chi connectivity index (χ0) is 18.0. The van der Waals surface area contributed by atoms with Gasteiger partial charge in [0.05, 0.1) is 19.8 Å². The van der Waals surface area contributed by atoms with Gasteiger partial charge in [0.25, 0.3) is 0 Å². The lowest BCUT2D eigenvalue weighted by atomic mass is 9.62. The number of carbonyl (C=O) groups excluding carboxylic acids is 1. The van der Waals surface area contributed by atoms with E-state index in [4.69, 9.17) is 9.47 Å². The van der Waals surface area contributed by atoms with Gasteiger partial charge in [-0.15, -0.1) is 0 Å². The number of hydrogen-bond acceptors (Lipinski definition) is 4. The smallest absolute Gasteiger partial charge is 0.341 e. The fourth-order valence-electron chi connectivity index (χ4n) is 5.34. The minimum absolute atomic E-state index is 0.160.